The van der Waals surface area contributed by atoms with Crippen molar-refractivity contribution in [3.05, 3.63) is 194 Å². The highest BCUT2D eigenvalue weighted by Gasteiger charge is 2.22. The molecule has 54 heavy (non-hydrogen) atoms. The maximum atomic E-state index is 6.74. The van der Waals surface area contributed by atoms with Crippen LogP contribution in [0, 0.1) is 0 Å². The fourth-order valence-electron chi connectivity index (χ4n) is 8.51. The highest BCUT2D eigenvalue weighted by Crippen LogP contribution is 2.47. The van der Waals surface area contributed by atoms with E-state index < -0.39 is 0 Å². The number of hydrogen-bond acceptors (Lipinski definition) is 2. The summed E-state index contributed by atoms with van der Waals surface area (Å²) in [5.41, 5.74) is 13.0. The number of rotatable bonds is 5. The van der Waals surface area contributed by atoms with Gasteiger partial charge in [0.05, 0.1) is 0 Å². The topological polar surface area (TPSA) is 26.3 Å². The molecule has 2 nitrogen and oxygen atoms in total. The first-order chi connectivity index (χ1) is 26.8. The van der Waals surface area contributed by atoms with Gasteiger partial charge in [-0.15, -0.1) is 0 Å². The minimum Gasteiger partial charge on any atom is -0.456 e. The smallest absolute Gasteiger partial charge is 0.143 e. The van der Waals surface area contributed by atoms with E-state index in [2.05, 4.69) is 182 Å². The van der Waals surface area contributed by atoms with Crippen LogP contribution in [0.2, 0.25) is 0 Å². The molecule has 0 atom stereocenters. The summed E-state index contributed by atoms with van der Waals surface area (Å²) in [6, 6.07) is 68.9. The summed E-state index contributed by atoms with van der Waals surface area (Å²) in [7, 11) is 0. The van der Waals surface area contributed by atoms with Crippen molar-refractivity contribution in [2.45, 2.75) is 0 Å². The van der Waals surface area contributed by atoms with Crippen LogP contribution >= 0.6 is 0 Å². The SMILES string of the molecule is c1ccc(-c2oc3cc4c(cc3c2-c2ccccc2)oc2cccc(-c3ccc(-c5c6ccccc6c(-c6ccccc6)c6ccccc56)cc3)c24)cc1. The van der Waals surface area contributed by atoms with Gasteiger partial charge in [0, 0.05) is 27.3 Å². The third-order valence-electron chi connectivity index (χ3n) is 10.9. The van der Waals surface area contributed by atoms with E-state index in [4.69, 9.17) is 8.83 Å². The van der Waals surface area contributed by atoms with Gasteiger partial charge in [-0.05, 0) is 78.7 Å². The van der Waals surface area contributed by atoms with Crippen molar-refractivity contribution >= 4 is 54.5 Å². The zero-order valence-electron chi connectivity index (χ0n) is 29.3. The van der Waals surface area contributed by atoms with Crippen LogP contribution < -0.4 is 0 Å². The third kappa shape index (κ3) is 4.74. The Morgan fingerprint density at radius 3 is 1.28 bits per heavy atom. The van der Waals surface area contributed by atoms with Gasteiger partial charge in [0.15, 0.2) is 0 Å². The summed E-state index contributed by atoms with van der Waals surface area (Å²) in [4.78, 5) is 0. The molecular weight excluding hydrogens is 657 g/mol. The summed E-state index contributed by atoms with van der Waals surface area (Å²) >= 11 is 0. The molecule has 0 fully saturated rings. The van der Waals surface area contributed by atoms with Crippen molar-refractivity contribution in [3.8, 4) is 55.8 Å². The Morgan fingerprint density at radius 2 is 0.704 bits per heavy atom. The molecule has 0 saturated carbocycles. The van der Waals surface area contributed by atoms with Crippen LogP contribution in [-0.2, 0) is 0 Å². The molecule has 0 radical (unpaired) electrons. The molecule has 11 rings (SSSR count). The lowest BCUT2D eigenvalue weighted by Crippen LogP contribution is -1.90. The van der Waals surface area contributed by atoms with E-state index in [1.807, 2.05) is 12.1 Å². The molecule has 0 aliphatic heterocycles. The molecule has 0 saturated heterocycles. The second-order valence-corrected chi connectivity index (χ2v) is 13.9. The predicted molar refractivity (Wildman–Crippen MR) is 226 cm³/mol. The van der Waals surface area contributed by atoms with Gasteiger partial charge < -0.3 is 8.83 Å². The largest absolute Gasteiger partial charge is 0.456 e. The maximum Gasteiger partial charge on any atom is 0.143 e. The Morgan fingerprint density at radius 1 is 0.259 bits per heavy atom. The lowest BCUT2D eigenvalue weighted by atomic mass is 9.85. The van der Waals surface area contributed by atoms with Crippen LogP contribution in [0.1, 0.15) is 0 Å². The molecule has 0 N–H and O–H groups in total. The maximum absolute atomic E-state index is 6.74. The molecule has 0 aliphatic rings. The Labute approximate surface area is 312 Å². The zero-order valence-corrected chi connectivity index (χ0v) is 29.3. The average Bonchev–Trinajstić information content (AvgIpc) is 3.80. The Bertz CT molecular complexity index is 3110. The van der Waals surface area contributed by atoms with E-state index in [1.54, 1.807) is 0 Å². The van der Waals surface area contributed by atoms with Gasteiger partial charge in [0.2, 0.25) is 0 Å². The normalized spacial score (nSPS) is 11.7. The number of benzene rings is 9. The Kier molecular flexibility index (Phi) is 6.90. The highest BCUT2D eigenvalue weighted by molar-refractivity contribution is 6.22. The van der Waals surface area contributed by atoms with Crippen LogP contribution in [0.15, 0.2) is 203 Å². The van der Waals surface area contributed by atoms with Crippen LogP contribution in [0.3, 0.4) is 0 Å². The molecule has 0 unspecified atom stereocenters. The molecule has 2 heterocycles. The van der Waals surface area contributed by atoms with Crippen LogP contribution in [-0.4, -0.2) is 0 Å². The van der Waals surface area contributed by atoms with Crippen molar-refractivity contribution < 1.29 is 8.83 Å². The lowest BCUT2D eigenvalue weighted by molar-refractivity contribution is 0.632. The molecule has 9 aromatic carbocycles. The zero-order chi connectivity index (χ0) is 35.6. The highest BCUT2D eigenvalue weighted by atomic mass is 16.3. The van der Waals surface area contributed by atoms with Gasteiger partial charge in [-0.3, -0.25) is 0 Å². The van der Waals surface area contributed by atoms with Gasteiger partial charge in [0.1, 0.15) is 22.5 Å². The molecule has 252 valence electrons. The Balaban J connectivity index is 1.08. The first kappa shape index (κ1) is 30.5. The third-order valence-corrected chi connectivity index (χ3v) is 10.9. The molecular formula is C52H32O2. The minimum absolute atomic E-state index is 0.839. The van der Waals surface area contributed by atoms with Crippen LogP contribution in [0.25, 0.3) is 110 Å². The van der Waals surface area contributed by atoms with Crippen molar-refractivity contribution in [3.63, 3.8) is 0 Å². The molecule has 0 bridgehead atoms. The monoisotopic (exact) mass is 688 g/mol. The van der Waals surface area contributed by atoms with E-state index in [1.165, 1.54) is 43.8 Å². The molecule has 0 amide bonds. The number of fused-ring (bicyclic) bond motifs is 6. The second-order valence-electron chi connectivity index (χ2n) is 13.9. The number of furan rings is 2. The van der Waals surface area contributed by atoms with E-state index in [0.717, 1.165) is 66.5 Å². The van der Waals surface area contributed by atoms with Gasteiger partial charge in [-0.2, -0.15) is 0 Å². The molecule has 2 aromatic heterocycles. The van der Waals surface area contributed by atoms with Gasteiger partial charge in [-0.1, -0.05) is 176 Å². The summed E-state index contributed by atoms with van der Waals surface area (Å²) in [5, 5.41) is 8.17. The van der Waals surface area contributed by atoms with Crippen molar-refractivity contribution in [1.82, 2.24) is 0 Å². The van der Waals surface area contributed by atoms with E-state index >= 15 is 0 Å². The molecule has 11 aromatic rings. The van der Waals surface area contributed by atoms with Gasteiger partial charge in [0.25, 0.3) is 0 Å². The quantitative estimate of drug-likeness (QED) is 0.168. The lowest BCUT2D eigenvalue weighted by Gasteiger charge is -2.18. The van der Waals surface area contributed by atoms with Crippen molar-refractivity contribution in [1.29, 1.82) is 0 Å². The van der Waals surface area contributed by atoms with Gasteiger partial charge >= 0.3 is 0 Å². The number of hydrogen-bond donors (Lipinski definition) is 0. The average molecular weight is 689 g/mol. The molecule has 2 heteroatoms. The van der Waals surface area contributed by atoms with Gasteiger partial charge in [-0.25, -0.2) is 0 Å². The van der Waals surface area contributed by atoms with Crippen LogP contribution in [0.5, 0.6) is 0 Å². The summed E-state index contributed by atoms with van der Waals surface area (Å²) in [6.07, 6.45) is 0. The second kappa shape index (κ2) is 12.2. The Hall–Kier alpha value is -7.16. The fourth-order valence-corrected chi connectivity index (χ4v) is 8.51. The summed E-state index contributed by atoms with van der Waals surface area (Å²) in [6.45, 7) is 0. The predicted octanol–water partition coefficient (Wildman–Crippen LogP) is 15.0. The van der Waals surface area contributed by atoms with Crippen LogP contribution in [0.4, 0.5) is 0 Å². The van der Waals surface area contributed by atoms with E-state index in [0.29, 0.717) is 0 Å². The fraction of sp³-hybridized carbons (Fsp3) is 0. The van der Waals surface area contributed by atoms with Crippen molar-refractivity contribution in [2.75, 3.05) is 0 Å². The summed E-state index contributed by atoms with van der Waals surface area (Å²) in [5.74, 6) is 0.862. The molecule has 0 aliphatic carbocycles. The summed E-state index contributed by atoms with van der Waals surface area (Å²) < 4.78 is 13.4. The standard InChI is InChI=1S/C52H32O2/c1-4-15-34(16-5-1)48-39-21-10-12-23-41(39)49(42-24-13-11-22-40(42)48)36-29-27-33(28-30-36)38-25-14-26-45-51(38)44-32-47-43(31-46(44)53-45)50(35-17-6-2-7-18-35)52(54-47)37-19-8-3-9-20-37/h1-32H. The molecule has 0 spiro atoms. The van der Waals surface area contributed by atoms with Crippen molar-refractivity contribution in [2.24, 2.45) is 0 Å². The van der Waals surface area contributed by atoms with E-state index in [9.17, 15) is 0 Å². The van der Waals surface area contributed by atoms with E-state index in [-0.39, 0.29) is 0 Å². The first-order valence-electron chi connectivity index (χ1n) is 18.4. The minimum atomic E-state index is 0.839. The first-order valence-corrected chi connectivity index (χ1v) is 18.4.